The van der Waals surface area contributed by atoms with E-state index < -0.39 is 0 Å². The summed E-state index contributed by atoms with van der Waals surface area (Å²) < 4.78 is 0. The molecule has 1 unspecified atom stereocenters. The zero-order valence-corrected chi connectivity index (χ0v) is 14.7. The lowest BCUT2D eigenvalue weighted by molar-refractivity contribution is -0.144. The molecule has 1 atom stereocenters. The average molecular weight is 336 g/mol. The lowest BCUT2D eigenvalue weighted by atomic mass is 9.78. The van der Waals surface area contributed by atoms with Crippen molar-refractivity contribution in [2.24, 2.45) is 5.41 Å². The second kappa shape index (κ2) is 6.17. The Morgan fingerprint density at radius 3 is 2.76 bits per heavy atom. The maximum atomic E-state index is 12.9. The molecule has 0 aliphatic carbocycles. The Kier molecular flexibility index (Phi) is 3.98. The first-order valence-electron chi connectivity index (χ1n) is 9.09. The molecule has 0 N–H and O–H groups in total. The summed E-state index contributed by atoms with van der Waals surface area (Å²) in [7, 11) is 1.88. The molecule has 25 heavy (non-hydrogen) atoms. The third-order valence-corrected chi connectivity index (χ3v) is 5.88. The highest BCUT2D eigenvalue weighted by molar-refractivity contribution is 5.91. The summed E-state index contributed by atoms with van der Waals surface area (Å²) in [5, 5.41) is 2.30. The molecule has 2 saturated heterocycles. The summed E-state index contributed by atoms with van der Waals surface area (Å²) in [6.07, 6.45) is 3.15. The summed E-state index contributed by atoms with van der Waals surface area (Å²) in [5.74, 6) is 0.355. The molecule has 4 nitrogen and oxygen atoms in total. The van der Waals surface area contributed by atoms with Crippen LogP contribution in [0.4, 0.5) is 0 Å². The third-order valence-electron chi connectivity index (χ3n) is 5.88. The maximum Gasteiger partial charge on any atom is 0.230 e. The van der Waals surface area contributed by atoms with E-state index >= 15 is 0 Å². The fourth-order valence-electron chi connectivity index (χ4n) is 4.45. The van der Waals surface area contributed by atoms with E-state index in [-0.39, 0.29) is 17.2 Å². The molecule has 2 fully saturated rings. The van der Waals surface area contributed by atoms with Gasteiger partial charge >= 0.3 is 0 Å². The molecule has 1 spiro atoms. The molecule has 0 saturated carbocycles. The van der Waals surface area contributed by atoms with Gasteiger partial charge in [-0.05, 0) is 35.6 Å². The first kappa shape index (κ1) is 16.1. The van der Waals surface area contributed by atoms with Gasteiger partial charge in [-0.2, -0.15) is 0 Å². The lowest BCUT2D eigenvalue weighted by Crippen LogP contribution is -2.48. The van der Waals surface area contributed by atoms with E-state index in [4.69, 9.17) is 0 Å². The van der Waals surface area contributed by atoms with Gasteiger partial charge in [0.25, 0.3) is 0 Å². The van der Waals surface area contributed by atoms with E-state index in [9.17, 15) is 9.59 Å². The average Bonchev–Trinajstić information content (AvgIpc) is 3.05. The van der Waals surface area contributed by atoms with Crippen LogP contribution in [0, 0.1) is 5.41 Å². The molecule has 4 rings (SSSR count). The molecule has 2 aromatic carbocycles. The molecular formula is C21H24N2O2. The largest absolute Gasteiger partial charge is 0.345 e. The highest BCUT2D eigenvalue weighted by Crippen LogP contribution is 2.39. The molecule has 2 amide bonds. The first-order valence-corrected chi connectivity index (χ1v) is 9.09. The highest BCUT2D eigenvalue weighted by Gasteiger charge is 2.48. The molecular weight excluding hydrogens is 312 g/mol. The van der Waals surface area contributed by atoms with Crippen LogP contribution in [0.5, 0.6) is 0 Å². The predicted molar refractivity (Wildman–Crippen MR) is 98.2 cm³/mol. The summed E-state index contributed by atoms with van der Waals surface area (Å²) in [5.41, 5.74) is 0.734. The number of carbonyl (C=O) groups is 2. The number of benzene rings is 2. The number of likely N-dealkylation sites (tertiary alicyclic amines) is 2. The molecule has 2 aromatic rings. The summed E-state index contributed by atoms with van der Waals surface area (Å²) in [4.78, 5) is 29.2. The Morgan fingerprint density at radius 2 is 1.88 bits per heavy atom. The second-order valence-corrected chi connectivity index (χ2v) is 7.49. The van der Waals surface area contributed by atoms with Crippen molar-refractivity contribution in [3.05, 3.63) is 48.0 Å². The van der Waals surface area contributed by atoms with Crippen LogP contribution < -0.4 is 0 Å². The van der Waals surface area contributed by atoms with Gasteiger partial charge in [-0.25, -0.2) is 0 Å². The van der Waals surface area contributed by atoms with Crippen LogP contribution in [0.3, 0.4) is 0 Å². The molecule has 0 bridgehead atoms. The minimum Gasteiger partial charge on any atom is -0.345 e. The predicted octanol–water partition coefficient (Wildman–Crippen LogP) is 2.85. The van der Waals surface area contributed by atoms with Crippen LogP contribution in [0.1, 0.15) is 24.8 Å². The van der Waals surface area contributed by atoms with Gasteiger partial charge in [0, 0.05) is 26.7 Å². The van der Waals surface area contributed by atoms with Crippen molar-refractivity contribution < 1.29 is 9.59 Å². The number of rotatable bonds is 2. The second-order valence-electron chi connectivity index (χ2n) is 7.49. The normalized spacial score (nSPS) is 23.6. The van der Waals surface area contributed by atoms with Crippen LogP contribution in [-0.2, 0) is 16.0 Å². The van der Waals surface area contributed by atoms with Crippen molar-refractivity contribution in [2.45, 2.75) is 25.7 Å². The third kappa shape index (κ3) is 2.80. The van der Waals surface area contributed by atoms with Crippen molar-refractivity contribution in [3.8, 4) is 0 Å². The van der Waals surface area contributed by atoms with E-state index in [2.05, 4.69) is 18.2 Å². The fourth-order valence-corrected chi connectivity index (χ4v) is 4.45. The maximum absolute atomic E-state index is 12.9. The molecule has 2 aliphatic heterocycles. The number of hydrogen-bond acceptors (Lipinski definition) is 2. The number of fused-ring (bicyclic) bond motifs is 1. The highest BCUT2D eigenvalue weighted by atomic mass is 16.2. The Morgan fingerprint density at radius 1 is 1.08 bits per heavy atom. The van der Waals surface area contributed by atoms with E-state index in [1.54, 1.807) is 0 Å². The number of hydrogen-bond donors (Lipinski definition) is 0. The van der Waals surface area contributed by atoms with Gasteiger partial charge in [0.05, 0.1) is 11.8 Å². The SMILES string of the molecule is CN1CCCC2(CCN(C(=O)Cc3cccc4ccccc34)C2)C1=O. The number of piperidine rings is 1. The Balaban J connectivity index is 1.51. The first-order chi connectivity index (χ1) is 12.1. The Labute approximate surface area is 148 Å². The smallest absolute Gasteiger partial charge is 0.230 e. The van der Waals surface area contributed by atoms with Gasteiger partial charge < -0.3 is 9.80 Å². The van der Waals surface area contributed by atoms with Crippen molar-refractivity contribution in [1.82, 2.24) is 9.80 Å². The van der Waals surface area contributed by atoms with Crippen molar-refractivity contribution in [2.75, 3.05) is 26.7 Å². The van der Waals surface area contributed by atoms with Crippen LogP contribution >= 0.6 is 0 Å². The Bertz CT molecular complexity index is 826. The van der Waals surface area contributed by atoms with Gasteiger partial charge in [0.15, 0.2) is 0 Å². The molecule has 2 heterocycles. The molecule has 2 aliphatic rings. The van der Waals surface area contributed by atoms with E-state index in [0.29, 0.717) is 19.5 Å². The van der Waals surface area contributed by atoms with Gasteiger partial charge in [0.1, 0.15) is 0 Å². The number of nitrogens with zero attached hydrogens (tertiary/aromatic N) is 2. The molecule has 4 heteroatoms. The van der Waals surface area contributed by atoms with Gasteiger partial charge in [-0.1, -0.05) is 42.5 Å². The van der Waals surface area contributed by atoms with Crippen LogP contribution in [0.15, 0.2) is 42.5 Å². The van der Waals surface area contributed by atoms with E-state index in [0.717, 1.165) is 42.1 Å². The minimum absolute atomic E-state index is 0.134. The molecule has 130 valence electrons. The van der Waals surface area contributed by atoms with Gasteiger partial charge in [-0.3, -0.25) is 9.59 Å². The summed E-state index contributed by atoms with van der Waals surface area (Å²) in [6.45, 7) is 2.12. The van der Waals surface area contributed by atoms with Crippen LogP contribution in [-0.4, -0.2) is 48.3 Å². The van der Waals surface area contributed by atoms with E-state index in [1.807, 2.05) is 41.1 Å². The standard InChI is InChI=1S/C21H24N2O2/c1-22-12-5-10-21(20(22)25)11-13-23(15-21)19(24)14-17-8-4-7-16-6-2-3-9-18(16)17/h2-4,6-9H,5,10-15H2,1H3. The van der Waals surface area contributed by atoms with Crippen molar-refractivity contribution in [3.63, 3.8) is 0 Å². The number of amides is 2. The minimum atomic E-state index is -0.332. The van der Waals surface area contributed by atoms with Gasteiger partial charge in [-0.15, -0.1) is 0 Å². The van der Waals surface area contributed by atoms with Crippen LogP contribution in [0.25, 0.3) is 10.8 Å². The number of carbonyl (C=O) groups excluding carboxylic acids is 2. The van der Waals surface area contributed by atoms with Crippen molar-refractivity contribution in [1.29, 1.82) is 0 Å². The van der Waals surface area contributed by atoms with Crippen LogP contribution in [0.2, 0.25) is 0 Å². The van der Waals surface area contributed by atoms with Crippen molar-refractivity contribution >= 4 is 22.6 Å². The summed E-state index contributed by atoms with van der Waals surface area (Å²) >= 11 is 0. The zero-order chi connectivity index (χ0) is 17.4. The molecule has 0 radical (unpaired) electrons. The quantitative estimate of drug-likeness (QED) is 0.846. The lowest BCUT2D eigenvalue weighted by Gasteiger charge is -2.37. The fraction of sp³-hybridized carbons (Fsp3) is 0.429. The topological polar surface area (TPSA) is 40.6 Å². The Hall–Kier alpha value is -2.36. The van der Waals surface area contributed by atoms with Gasteiger partial charge in [0.2, 0.25) is 11.8 Å². The monoisotopic (exact) mass is 336 g/mol. The van der Waals surface area contributed by atoms with E-state index in [1.165, 1.54) is 0 Å². The zero-order valence-electron chi connectivity index (χ0n) is 14.7. The summed E-state index contributed by atoms with van der Waals surface area (Å²) in [6, 6.07) is 14.3. The molecule has 0 aromatic heterocycles.